The zero-order valence-corrected chi connectivity index (χ0v) is 13.6. The second kappa shape index (κ2) is 7.64. The first-order chi connectivity index (χ1) is 11.4. The van der Waals surface area contributed by atoms with E-state index in [0.29, 0.717) is 16.7 Å². The van der Waals surface area contributed by atoms with E-state index in [4.69, 9.17) is 4.74 Å². The molecule has 0 radical (unpaired) electrons. The molecule has 0 spiro atoms. The van der Waals surface area contributed by atoms with Gasteiger partial charge in [-0.2, -0.15) is 0 Å². The molecule has 2 aromatic rings. The summed E-state index contributed by atoms with van der Waals surface area (Å²) in [6, 6.07) is 7.53. The number of carbonyl (C=O) groups is 1. The van der Waals surface area contributed by atoms with Gasteiger partial charge in [0.05, 0.1) is 13.5 Å². The minimum Gasteiger partial charge on any atom is -0.507 e. The van der Waals surface area contributed by atoms with Crippen LogP contribution in [0.25, 0.3) is 6.08 Å². The molecular formula is C19H19FO4. The van der Waals surface area contributed by atoms with Crippen LogP contribution < -0.4 is 4.74 Å². The Labute approximate surface area is 140 Å². The van der Waals surface area contributed by atoms with E-state index in [2.05, 4.69) is 11.3 Å². The van der Waals surface area contributed by atoms with Gasteiger partial charge in [0.2, 0.25) is 0 Å². The third kappa shape index (κ3) is 4.13. The zero-order valence-electron chi connectivity index (χ0n) is 13.6. The Hall–Kier alpha value is -2.82. The maximum Gasteiger partial charge on any atom is 0.310 e. The van der Waals surface area contributed by atoms with Gasteiger partial charge in [-0.05, 0) is 36.2 Å². The van der Waals surface area contributed by atoms with Crippen LogP contribution in [-0.2, 0) is 22.6 Å². The molecule has 0 saturated carbocycles. The van der Waals surface area contributed by atoms with Crippen molar-refractivity contribution in [3.05, 3.63) is 65.0 Å². The van der Waals surface area contributed by atoms with E-state index in [-0.39, 0.29) is 24.5 Å². The SMILES string of the molecule is C=Cc1cc(COc2cc(F)ccc2CC(=O)OC)cc(C)c1O. The fourth-order valence-corrected chi connectivity index (χ4v) is 2.32. The number of esters is 1. The molecule has 0 bridgehead atoms. The van der Waals surface area contributed by atoms with Gasteiger partial charge in [-0.15, -0.1) is 0 Å². The Morgan fingerprint density at radius 3 is 2.75 bits per heavy atom. The minimum atomic E-state index is -0.452. The topological polar surface area (TPSA) is 55.8 Å². The van der Waals surface area contributed by atoms with Crippen LogP contribution in [-0.4, -0.2) is 18.2 Å². The first kappa shape index (κ1) is 17.5. The highest BCUT2D eigenvalue weighted by Gasteiger charge is 2.12. The van der Waals surface area contributed by atoms with Gasteiger partial charge in [-0.25, -0.2) is 4.39 Å². The number of carbonyl (C=O) groups excluding carboxylic acids is 1. The smallest absolute Gasteiger partial charge is 0.310 e. The summed E-state index contributed by atoms with van der Waals surface area (Å²) >= 11 is 0. The molecule has 0 aliphatic heterocycles. The van der Waals surface area contributed by atoms with Gasteiger partial charge in [0.1, 0.15) is 23.9 Å². The molecule has 1 N–H and O–H groups in total. The highest BCUT2D eigenvalue weighted by molar-refractivity contribution is 5.73. The van der Waals surface area contributed by atoms with Crippen molar-refractivity contribution in [3.8, 4) is 11.5 Å². The number of methoxy groups -OCH3 is 1. The largest absolute Gasteiger partial charge is 0.507 e. The predicted molar refractivity (Wildman–Crippen MR) is 89.4 cm³/mol. The van der Waals surface area contributed by atoms with Crippen LogP contribution in [0.1, 0.15) is 22.3 Å². The summed E-state index contributed by atoms with van der Waals surface area (Å²) in [7, 11) is 1.29. The summed E-state index contributed by atoms with van der Waals surface area (Å²) in [4.78, 5) is 11.4. The van der Waals surface area contributed by atoms with Crippen molar-refractivity contribution < 1.29 is 23.8 Å². The van der Waals surface area contributed by atoms with Crippen LogP contribution in [0.5, 0.6) is 11.5 Å². The van der Waals surface area contributed by atoms with E-state index in [1.54, 1.807) is 25.1 Å². The lowest BCUT2D eigenvalue weighted by molar-refractivity contribution is -0.139. The Bertz CT molecular complexity index is 768. The fraction of sp³-hybridized carbons (Fsp3) is 0.211. The van der Waals surface area contributed by atoms with Gasteiger partial charge in [0.15, 0.2) is 0 Å². The van der Waals surface area contributed by atoms with Gasteiger partial charge < -0.3 is 14.6 Å². The van der Waals surface area contributed by atoms with Gasteiger partial charge in [0.25, 0.3) is 0 Å². The second-order valence-corrected chi connectivity index (χ2v) is 5.35. The summed E-state index contributed by atoms with van der Waals surface area (Å²) in [6.45, 7) is 5.60. The summed E-state index contributed by atoms with van der Waals surface area (Å²) < 4.78 is 23.8. The molecule has 126 valence electrons. The quantitative estimate of drug-likeness (QED) is 0.819. The van der Waals surface area contributed by atoms with E-state index in [9.17, 15) is 14.3 Å². The highest BCUT2D eigenvalue weighted by Crippen LogP contribution is 2.27. The summed E-state index contributed by atoms with van der Waals surface area (Å²) in [6.07, 6.45) is 1.55. The molecule has 0 atom stereocenters. The molecule has 0 aromatic heterocycles. The normalized spacial score (nSPS) is 10.3. The number of ether oxygens (including phenoxy) is 2. The third-order valence-electron chi connectivity index (χ3n) is 3.60. The Balaban J connectivity index is 2.22. The van der Waals surface area contributed by atoms with Crippen molar-refractivity contribution in [2.45, 2.75) is 20.0 Å². The van der Waals surface area contributed by atoms with Crippen LogP contribution in [0, 0.1) is 12.7 Å². The molecule has 5 heteroatoms. The number of aromatic hydroxyl groups is 1. The van der Waals surface area contributed by atoms with Crippen LogP contribution >= 0.6 is 0 Å². The summed E-state index contributed by atoms with van der Waals surface area (Å²) in [5.41, 5.74) is 2.64. The number of phenols is 1. The van der Waals surface area contributed by atoms with Crippen molar-refractivity contribution in [2.75, 3.05) is 7.11 Å². The number of rotatable bonds is 6. The maximum absolute atomic E-state index is 13.5. The number of phenolic OH excluding ortho intramolecular Hbond substituents is 1. The number of hydrogen-bond acceptors (Lipinski definition) is 4. The van der Waals surface area contributed by atoms with Crippen molar-refractivity contribution >= 4 is 12.0 Å². The van der Waals surface area contributed by atoms with Gasteiger partial charge in [-0.1, -0.05) is 18.7 Å². The Kier molecular flexibility index (Phi) is 5.58. The summed E-state index contributed by atoms with van der Waals surface area (Å²) in [5, 5.41) is 9.90. The van der Waals surface area contributed by atoms with Crippen LogP contribution in [0.2, 0.25) is 0 Å². The standard InChI is InChI=1S/C19H19FO4/c1-4-14-8-13(7-12(2)19(14)22)11-24-17-10-16(20)6-5-15(17)9-18(21)23-3/h4-8,10,22H,1,9,11H2,2-3H3. The predicted octanol–water partition coefficient (Wildman–Crippen LogP) is 3.78. The van der Waals surface area contributed by atoms with E-state index in [1.165, 1.54) is 25.3 Å². The van der Waals surface area contributed by atoms with Crippen LogP contribution in [0.3, 0.4) is 0 Å². The van der Waals surface area contributed by atoms with E-state index < -0.39 is 11.8 Å². The molecular weight excluding hydrogens is 311 g/mol. The van der Waals surface area contributed by atoms with Crippen molar-refractivity contribution in [2.24, 2.45) is 0 Å². The van der Waals surface area contributed by atoms with E-state index in [0.717, 1.165) is 5.56 Å². The van der Waals surface area contributed by atoms with Gasteiger partial charge >= 0.3 is 5.97 Å². The van der Waals surface area contributed by atoms with Gasteiger partial charge in [0, 0.05) is 17.2 Å². The lowest BCUT2D eigenvalue weighted by Gasteiger charge is -2.13. The molecule has 0 saturated heterocycles. The molecule has 24 heavy (non-hydrogen) atoms. The van der Waals surface area contributed by atoms with E-state index >= 15 is 0 Å². The molecule has 0 fully saturated rings. The van der Waals surface area contributed by atoms with Crippen LogP contribution in [0.4, 0.5) is 4.39 Å². The average molecular weight is 330 g/mol. The first-order valence-electron chi connectivity index (χ1n) is 7.37. The van der Waals surface area contributed by atoms with Crippen molar-refractivity contribution in [1.82, 2.24) is 0 Å². The second-order valence-electron chi connectivity index (χ2n) is 5.35. The minimum absolute atomic E-state index is 0.00136. The Morgan fingerprint density at radius 2 is 2.08 bits per heavy atom. The summed E-state index contributed by atoms with van der Waals surface area (Å²) in [5.74, 6) is -0.426. The number of hydrogen-bond donors (Lipinski definition) is 1. The molecule has 0 amide bonds. The molecule has 2 aromatic carbocycles. The monoisotopic (exact) mass is 330 g/mol. The van der Waals surface area contributed by atoms with E-state index in [1.807, 2.05) is 0 Å². The van der Waals surface area contributed by atoms with Crippen LogP contribution in [0.15, 0.2) is 36.9 Å². The number of aryl methyl sites for hydroxylation is 1. The first-order valence-corrected chi connectivity index (χ1v) is 7.37. The maximum atomic E-state index is 13.5. The lowest BCUT2D eigenvalue weighted by atomic mass is 10.1. The number of benzene rings is 2. The van der Waals surface area contributed by atoms with Crippen molar-refractivity contribution in [1.29, 1.82) is 0 Å². The molecule has 0 unspecified atom stereocenters. The third-order valence-corrected chi connectivity index (χ3v) is 3.60. The highest BCUT2D eigenvalue weighted by atomic mass is 19.1. The molecule has 0 aliphatic rings. The average Bonchev–Trinajstić information content (AvgIpc) is 2.57. The molecule has 4 nitrogen and oxygen atoms in total. The van der Waals surface area contributed by atoms with Gasteiger partial charge in [-0.3, -0.25) is 4.79 Å². The molecule has 0 heterocycles. The zero-order chi connectivity index (χ0) is 17.7. The van der Waals surface area contributed by atoms with Crippen molar-refractivity contribution in [3.63, 3.8) is 0 Å². The Morgan fingerprint density at radius 1 is 1.33 bits per heavy atom. The number of halogens is 1. The lowest BCUT2D eigenvalue weighted by Crippen LogP contribution is -2.07. The molecule has 2 rings (SSSR count). The molecule has 0 aliphatic carbocycles. The fourth-order valence-electron chi connectivity index (χ4n) is 2.32.